The summed E-state index contributed by atoms with van der Waals surface area (Å²) in [5.74, 6) is 0.577. The Kier molecular flexibility index (Phi) is 4.82. The third-order valence-electron chi connectivity index (χ3n) is 3.04. The van der Waals surface area contributed by atoms with Gasteiger partial charge < -0.3 is 15.5 Å². The van der Waals surface area contributed by atoms with E-state index in [9.17, 15) is 0 Å². The van der Waals surface area contributed by atoms with Gasteiger partial charge in [-0.1, -0.05) is 0 Å². The van der Waals surface area contributed by atoms with Crippen molar-refractivity contribution >= 4 is 16.6 Å². The highest BCUT2D eigenvalue weighted by Crippen LogP contribution is 2.23. The molecule has 20 heavy (non-hydrogen) atoms. The highest BCUT2D eigenvalue weighted by Gasteiger charge is 2.12. The van der Waals surface area contributed by atoms with Crippen LogP contribution in [0, 0.1) is 11.3 Å². The Morgan fingerprint density at radius 3 is 2.70 bits per heavy atom. The van der Waals surface area contributed by atoms with E-state index in [1.807, 2.05) is 12.1 Å². The van der Waals surface area contributed by atoms with Crippen LogP contribution in [0.25, 0.3) is 10.8 Å². The normalized spacial score (nSPS) is 10.7. The monoisotopic (exact) mass is 272 g/mol. The van der Waals surface area contributed by atoms with E-state index in [0.29, 0.717) is 24.4 Å². The Morgan fingerprint density at radius 1 is 1.30 bits per heavy atom. The van der Waals surface area contributed by atoms with Gasteiger partial charge in [0.25, 0.3) is 0 Å². The Morgan fingerprint density at radius 2 is 2.05 bits per heavy atom. The van der Waals surface area contributed by atoms with E-state index in [1.54, 1.807) is 18.5 Å². The molecule has 0 atom stereocenters. The number of aliphatic hydroxyl groups excluding tert-OH is 2. The van der Waals surface area contributed by atoms with Gasteiger partial charge >= 0.3 is 0 Å². The number of hydrogen-bond donors (Lipinski definition) is 3. The summed E-state index contributed by atoms with van der Waals surface area (Å²) in [6.07, 6.45) is 4.35. The Labute approximate surface area is 116 Å². The van der Waals surface area contributed by atoms with E-state index < -0.39 is 0 Å². The molecule has 0 spiro atoms. The molecule has 0 bridgehead atoms. The third-order valence-corrected chi connectivity index (χ3v) is 3.04. The fourth-order valence-corrected chi connectivity index (χ4v) is 2.06. The highest BCUT2D eigenvalue weighted by atomic mass is 16.3. The van der Waals surface area contributed by atoms with Gasteiger partial charge in [0.15, 0.2) is 0 Å². The predicted molar refractivity (Wildman–Crippen MR) is 75.1 cm³/mol. The first kappa shape index (κ1) is 14.2. The first-order valence-electron chi connectivity index (χ1n) is 6.41. The lowest BCUT2D eigenvalue weighted by molar-refractivity contribution is 0.248. The van der Waals surface area contributed by atoms with E-state index in [0.717, 1.165) is 10.8 Å². The molecule has 0 aromatic carbocycles. The van der Waals surface area contributed by atoms with Gasteiger partial charge in [0.05, 0.1) is 0 Å². The molecule has 104 valence electrons. The summed E-state index contributed by atoms with van der Waals surface area (Å²) in [6.45, 7) is 0.0458. The van der Waals surface area contributed by atoms with Crippen LogP contribution in [0.15, 0.2) is 24.5 Å². The van der Waals surface area contributed by atoms with Gasteiger partial charge in [0.2, 0.25) is 0 Å². The number of nitriles is 1. The van der Waals surface area contributed by atoms with Crippen LogP contribution in [0.5, 0.6) is 0 Å². The lowest BCUT2D eigenvalue weighted by atomic mass is 10.1. The first-order chi connectivity index (χ1) is 9.78. The summed E-state index contributed by atoms with van der Waals surface area (Å²) >= 11 is 0. The first-order valence-corrected chi connectivity index (χ1v) is 6.41. The van der Waals surface area contributed by atoms with Crippen molar-refractivity contribution in [2.45, 2.75) is 18.9 Å². The standard InChI is InChI=1S/C14H16N4O2/c15-8-12-7-10-9-16-4-1-13(10)14(18-12)17-11(2-5-19)3-6-20/h1,4,7,9,11,19-20H,2-3,5-6H2,(H,17,18). The molecule has 0 saturated heterocycles. The number of aromatic nitrogens is 2. The zero-order chi connectivity index (χ0) is 14.4. The molecular formula is C14H16N4O2. The van der Waals surface area contributed by atoms with Crippen LogP contribution >= 0.6 is 0 Å². The predicted octanol–water partition coefficient (Wildman–Crippen LogP) is 1.05. The number of fused-ring (bicyclic) bond motifs is 1. The lowest BCUT2D eigenvalue weighted by Gasteiger charge is -2.18. The average molecular weight is 272 g/mol. The van der Waals surface area contributed by atoms with Crippen molar-refractivity contribution < 1.29 is 10.2 Å². The molecule has 2 rings (SSSR count). The molecule has 0 aliphatic rings. The zero-order valence-electron chi connectivity index (χ0n) is 11.0. The summed E-state index contributed by atoms with van der Waals surface area (Å²) in [5.41, 5.74) is 0.305. The number of nitrogens with one attached hydrogen (secondary N) is 1. The van der Waals surface area contributed by atoms with Crippen LogP contribution in [-0.2, 0) is 0 Å². The Hall–Kier alpha value is -2.23. The SMILES string of the molecule is N#Cc1cc2cnccc2c(NC(CCO)CCO)n1. The minimum Gasteiger partial charge on any atom is -0.396 e. The molecule has 0 aliphatic heterocycles. The lowest BCUT2D eigenvalue weighted by Crippen LogP contribution is -2.23. The van der Waals surface area contributed by atoms with E-state index in [2.05, 4.69) is 15.3 Å². The molecule has 0 fully saturated rings. The third kappa shape index (κ3) is 3.20. The van der Waals surface area contributed by atoms with Gasteiger partial charge in [-0.15, -0.1) is 0 Å². The maximum atomic E-state index is 9.05. The summed E-state index contributed by atoms with van der Waals surface area (Å²) in [7, 11) is 0. The molecule has 2 heterocycles. The number of anilines is 1. The van der Waals surface area contributed by atoms with Crippen LogP contribution in [-0.4, -0.2) is 39.4 Å². The van der Waals surface area contributed by atoms with Crippen LogP contribution in [0.4, 0.5) is 5.82 Å². The summed E-state index contributed by atoms with van der Waals surface area (Å²) in [4.78, 5) is 8.30. The largest absolute Gasteiger partial charge is 0.396 e. The van der Waals surface area contributed by atoms with Gasteiger partial charge in [-0.25, -0.2) is 4.98 Å². The van der Waals surface area contributed by atoms with Gasteiger partial charge in [-0.3, -0.25) is 4.98 Å². The number of aliphatic hydroxyl groups is 2. The highest BCUT2D eigenvalue weighted by molar-refractivity contribution is 5.91. The Bertz CT molecular complexity index is 618. The summed E-state index contributed by atoms with van der Waals surface area (Å²) in [6, 6.07) is 5.43. The van der Waals surface area contributed by atoms with Crippen molar-refractivity contribution in [1.29, 1.82) is 5.26 Å². The van der Waals surface area contributed by atoms with Crippen LogP contribution in [0.2, 0.25) is 0 Å². The average Bonchev–Trinajstić information content (AvgIpc) is 2.47. The molecule has 6 nitrogen and oxygen atoms in total. The molecular weight excluding hydrogens is 256 g/mol. The molecule has 0 radical (unpaired) electrons. The molecule has 2 aromatic rings. The van der Waals surface area contributed by atoms with Crippen molar-refractivity contribution in [3.8, 4) is 6.07 Å². The van der Waals surface area contributed by atoms with Crippen molar-refractivity contribution in [2.24, 2.45) is 0 Å². The quantitative estimate of drug-likeness (QED) is 0.726. The van der Waals surface area contributed by atoms with Crippen molar-refractivity contribution in [1.82, 2.24) is 9.97 Å². The molecule has 6 heteroatoms. The van der Waals surface area contributed by atoms with Crippen LogP contribution in [0.3, 0.4) is 0 Å². The minimum absolute atomic E-state index is 0.0229. The number of pyridine rings is 2. The summed E-state index contributed by atoms with van der Waals surface area (Å²) in [5, 5.41) is 32.0. The van der Waals surface area contributed by atoms with E-state index in [1.165, 1.54) is 0 Å². The van der Waals surface area contributed by atoms with Gasteiger partial charge in [0, 0.05) is 42.4 Å². The number of hydrogen-bond acceptors (Lipinski definition) is 6. The maximum absolute atomic E-state index is 9.05. The topological polar surface area (TPSA) is 102 Å². The van der Waals surface area contributed by atoms with Crippen LogP contribution in [0.1, 0.15) is 18.5 Å². The second-order valence-electron chi connectivity index (χ2n) is 4.43. The molecule has 0 aliphatic carbocycles. The fourth-order valence-electron chi connectivity index (χ4n) is 2.06. The minimum atomic E-state index is -0.0946. The number of rotatable bonds is 6. The molecule has 0 saturated carbocycles. The second kappa shape index (κ2) is 6.80. The molecule has 0 unspecified atom stereocenters. The summed E-state index contributed by atoms with van der Waals surface area (Å²) < 4.78 is 0. The number of nitrogens with zero attached hydrogens (tertiary/aromatic N) is 3. The van der Waals surface area contributed by atoms with E-state index >= 15 is 0 Å². The van der Waals surface area contributed by atoms with Crippen molar-refractivity contribution in [3.63, 3.8) is 0 Å². The Balaban J connectivity index is 2.38. The van der Waals surface area contributed by atoms with Crippen molar-refractivity contribution in [2.75, 3.05) is 18.5 Å². The smallest absolute Gasteiger partial charge is 0.143 e. The molecule has 0 amide bonds. The van der Waals surface area contributed by atoms with E-state index in [4.69, 9.17) is 15.5 Å². The maximum Gasteiger partial charge on any atom is 0.143 e. The molecule has 3 N–H and O–H groups in total. The molecule has 2 aromatic heterocycles. The van der Waals surface area contributed by atoms with Gasteiger partial charge in [-0.05, 0) is 25.0 Å². The van der Waals surface area contributed by atoms with E-state index in [-0.39, 0.29) is 19.3 Å². The van der Waals surface area contributed by atoms with Gasteiger partial charge in [-0.2, -0.15) is 5.26 Å². The van der Waals surface area contributed by atoms with Crippen LogP contribution < -0.4 is 5.32 Å². The van der Waals surface area contributed by atoms with Gasteiger partial charge in [0.1, 0.15) is 17.6 Å². The zero-order valence-corrected chi connectivity index (χ0v) is 11.0. The second-order valence-corrected chi connectivity index (χ2v) is 4.43. The van der Waals surface area contributed by atoms with Crippen molar-refractivity contribution in [3.05, 3.63) is 30.2 Å². The fraction of sp³-hybridized carbons (Fsp3) is 0.357.